The molecule has 0 saturated carbocycles. The Morgan fingerprint density at radius 1 is 1.24 bits per heavy atom. The van der Waals surface area contributed by atoms with Gasteiger partial charge in [0.15, 0.2) is 17.1 Å². The first-order valence-electron chi connectivity index (χ1n) is 7.44. The highest BCUT2D eigenvalue weighted by Gasteiger charge is 2.13. The molecule has 0 atom stereocenters. The lowest BCUT2D eigenvalue weighted by atomic mass is 10.1. The Morgan fingerprint density at radius 2 is 1.92 bits per heavy atom. The van der Waals surface area contributed by atoms with Crippen molar-refractivity contribution in [3.05, 3.63) is 39.0 Å². The van der Waals surface area contributed by atoms with Crippen molar-refractivity contribution in [3.63, 3.8) is 0 Å². The standard InChI is InChI=1S/C18H17BrN4O2/c1-3-4-5-25-18-15(19)7-12(8-16(18)24-2)6-13(9-20)17(23)14(10-21)11-22/h6-8H,3-5,23H2,1-2H3/b13-6+. The van der Waals surface area contributed by atoms with Crippen LogP contribution in [0.4, 0.5) is 0 Å². The fraction of sp³-hybridized carbons (Fsp3) is 0.278. The highest BCUT2D eigenvalue weighted by atomic mass is 79.9. The predicted octanol–water partition coefficient (Wildman–Crippen LogP) is 3.80. The zero-order valence-electron chi connectivity index (χ0n) is 14.0. The number of methoxy groups -OCH3 is 1. The fourth-order valence-electron chi connectivity index (χ4n) is 1.90. The second-order valence-corrected chi connectivity index (χ2v) is 5.77. The number of hydrogen-bond donors (Lipinski definition) is 1. The monoisotopic (exact) mass is 400 g/mol. The van der Waals surface area contributed by atoms with Gasteiger partial charge >= 0.3 is 0 Å². The highest BCUT2D eigenvalue weighted by Crippen LogP contribution is 2.37. The molecular weight excluding hydrogens is 384 g/mol. The molecule has 0 heterocycles. The summed E-state index contributed by atoms with van der Waals surface area (Å²) in [4.78, 5) is 0. The van der Waals surface area contributed by atoms with Crippen LogP contribution in [0.2, 0.25) is 0 Å². The lowest BCUT2D eigenvalue weighted by Gasteiger charge is -2.13. The maximum atomic E-state index is 9.27. The number of nitrogens with zero attached hydrogens (tertiary/aromatic N) is 3. The molecule has 1 rings (SSSR count). The third-order valence-electron chi connectivity index (χ3n) is 3.21. The summed E-state index contributed by atoms with van der Waals surface area (Å²) in [5.74, 6) is 1.07. The second kappa shape index (κ2) is 10.0. The predicted molar refractivity (Wildman–Crippen MR) is 97.1 cm³/mol. The van der Waals surface area contributed by atoms with E-state index in [0.717, 1.165) is 12.8 Å². The molecule has 25 heavy (non-hydrogen) atoms. The van der Waals surface area contributed by atoms with Gasteiger partial charge in [0.05, 0.1) is 29.5 Å². The number of nitrogens with two attached hydrogens (primary N) is 1. The van der Waals surface area contributed by atoms with Gasteiger partial charge in [0, 0.05) is 0 Å². The zero-order valence-corrected chi connectivity index (χ0v) is 15.6. The molecule has 0 bridgehead atoms. The van der Waals surface area contributed by atoms with E-state index in [2.05, 4.69) is 22.9 Å². The van der Waals surface area contributed by atoms with Gasteiger partial charge in [-0.1, -0.05) is 13.3 Å². The highest BCUT2D eigenvalue weighted by molar-refractivity contribution is 9.10. The molecular formula is C18H17BrN4O2. The van der Waals surface area contributed by atoms with Gasteiger partial charge in [-0.25, -0.2) is 0 Å². The zero-order chi connectivity index (χ0) is 18.8. The van der Waals surface area contributed by atoms with Crippen molar-refractivity contribution >= 4 is 22.0 Å². The number of benzene rings is 1. The van der Waals surface area contributed by atoms with Gasteiger partial charge in [-0.15, -0.1) is 0 Å². The molecule has 1 aromatic carbocycles. The molecule has 1 aromatic rings. The van der Waals surface area contributed by atoms with Gasteiger partial charge in [0.1, 0.15) is 18.2 Å². The van der Waals surface area contributed by atoms with Crippen molar-refractivity contribution in [2.75, 3.05) is 13.7 Å². The van der Waals surface area contributed by atoms with Crippen LogP contribution < -0.4 is 15.2 Å². The van der Waals surface area contributed by atoms with E-state index in [0.29, 0.717) is 28.1 Å². The van der Waals surface area contributed by atoms with Crippen LogP contribution in [0.1, 0.15) is 25.3 Å². The summed E-state index contributed by atoms with van der Waals surface area (Å²) in [7, 11) is 1.52. The second-order valence-electron chi connectivity index (χ2n) is 4.92. The number of halogens is 1. The lowest BCUT2D eigenvalue weighted by molar-refractivity contribution is 0.286. The van der Waals surface area contributed by atoms with Gasteiger partial charge in [0.2, 0.25) is 0 Å². The van der Waals surface area contributed by atoms with Gasteiger partial charge < -0.3 is 15.2 Å². The molecule has 0 aromatic heterocycles. The molecule has 2 N–H and O–H groups in total. The molecule has 0 aliphatic rings. The molecule has 0 aliphatic carbocycles. The van der Waals surface area contributed by atoms with Gasteiger partial charge in [0.25, 0.3) is 0 Å². The number of hydrogen-bond acceptors (Lipinski definition) is 6. The molecule has 0 aliphatic heterocycles. The van der Waals surface area contributed by atoms with Crippen LogP contribution in [0, 0.1) is 34.0 Å². The molecule has 6 nitrogen and oxygen atoms in total. The molecule has 0 radical (unpaired) electrons. The van der Waals surface area contributed by atoms with Gasteiger partial charge in [-0.2, -0.15) is 15.8 Å². The van der Waals surface area contributed by atoms with Crippen LogP contribution in [0.15, 0.2) is 33.4 Å². The summed E-state index contributed by atoms with van der Waals surface area (Å²) in [5, 5.41) is 27.0. The van der Waals surface area contributed by atoms with Crippen LogP contribution in [-0.4, -0.2) is 13.7 Å². The molecule has 0 fully saturated rings. The third kappa shape index (κ3) is 5.28. The van der Waals surface area contributed by atoms with E-state index in [1.54, 1.807) is 24.3 Å². The minimum absolute atomic E-state index is 0.0201. The topological polar surface area (TPSA) is 116 Å². The summed E-state index contributed by atoms with van der Waals surface area (Å²) < 4.78 is 11.7. The number of rotatable bonds is 7. The van der Waals surface area contributed by atoms with Gasteiger partial charge in [-0.05, 0) is 46.1 Å². The Labute approximate surface area is 155 Å². The van der Waals surface area contributed by atoms with E-state index in [1.165, 1.54) is 13.2 Å². The quantitative estimate of drug-likeness (QED) is 0.422. The maximum Gasteiger partial charge on any atom is 0.175 e. The van der Waals surface area contributed by atoms with Crippen LogP contribution in [0.3, 0.4) is 0 Å². The van der Waals surface area contributed by atoms with Crippen molar-refractivity contribution in [2.24, 2.45) is 5.73 Å². The van der Waals surface area contributed by atoms with Crippen molar-refractivity contribution in [1.82, 2.24) is 0 Å². The Bertz CT molecular complexity index is 807. The Morgan fingerprint density at radius 3 is 2.44 bits per heavy atom. The van der Waals surface area contributed by atoms with Crippen molar-refractivity contribution in [2.45, 2.75) is 19.8 Å². The summed E-state index contributed by atoms with van der Waals surface area (Å²) >= 11 is 3.43. The first-order valence-corrected chi connectivity index (χ1v) is 8.24. The Balaban J connectivity index is 3.33. The van der Waals surface area contributed by atoms with E-state index in [1.807, 2.05) is 6.07 Å². The van der Waals surface area contributed by atoms with Crippen LogP contribution in [-0.2, 0) is 0 Å². The first kappa shape index (κ1) is 20.1. The Hall–Kier alpha value is -2.95. The molecule has 0 spiro atoms. The van der Waals surface area contributed by atoms with Crippen LogP contribution >= 0.6 is 15.9 Å². The summed E-state index contributed by atoms with van der Waals surface area (Å²) in [6, 6.07) is 8.68. The minimum Gasteiger partial charge on any atom is -0.493 e. The fourth-order valence-corrected chi connectivity index (χ4v) is 2.47. The normalized spacial score (nSPS) is 10.2. The number of allylic oxidation sites excluding steroid dienone is 2. The largest absolute Gasteiger partial charge is 0.493 e. The summed E-state index contributed by atoms with van der Waals surface area (Å²) in [6.07, 6.45) is 3.41. The number of ether oxygens (including phenoxy) is 2. The van der Waals surface area contributed by atoms with Crippen molar-refractivity contribution in [3.8, 4) is 29.7 Å². The first-order chi connectivity index (χ1) is 12.0. The van der Waals surface area contributed by atoms with E-state index < -0.39 is 0 Å². The van der Waals surface area contributed by atoms with Crippen molar-refractivity contribution < 1.29 is 9.47 Å². The average molecular weight is 401 g/mol. The van der Waals surface area contributed by atoms with E-state index in [9.17, 15) is 5.26 Å². The van der Waals surface area contributed by atoms with Crippen LogP contribution in [0.25, 0.3) is 6.08 Å². The SMILES string of the molecule is CCCCOc1c(Br)cc(/C=C(\C#N)C(N)=C(C#N)C#N)cc1OC. The molecule has 128 valence electrons. The van der Waals surface area contributed by atoms with E-state index >= 15 is 0 Å². The average Bonchev–Trinajstić information content (AvgIpc) is 2.61. The smallest absolute Gasteiger partial charge is 0.175 e. The molecule has 0 amide bonds. The maximum absolute atomic E-state index is 9.27. The minimum atomic E-state index is -0.307. The van der Waals surface area contributed by atoms with Crippen molar-refractivity contribution in [1.29, 1.82) is 15.8 Å². The molecule has 0 saturated heterocycles. The van der Waals surface area contributed by atoms with Crippen LogP contribution in [0.5, 0.6) is 11.5 Å². The lowest BCUT2D eigenvalue weighted by Crippen LogP contribution is -2.04. The van der Waals surface area contributed by atoms with Gasteiger partial charge in [-0.3, -0.25) is 0 Å². The summed E-state index contributed by atoms with van der Waals surface area (Å²) in [5.41, 5.74) is 5.90. The van der Waals surface area contributed by atoms with E-state index in [-0.39, 0.29) is 16.8 Å². The number of nitriles is 3. The summed E-state index contributed by atoms with van der Waals surface area (Å²) in [6.45, 7) is 2.63. The van der Waals surface area contributed by atoms with E-state index in [4.69, 9.17) is 25.7 Å². The third-order valence-corrected chi connectivity index (χ3v) is 3.80. The Kier molecular flexibility index (Phi) is 8.06. The molecule has 7 heteroatoms. The number of unbranched alkanes of at least 4 members (excludes halogenated alkanes) is 1. The molecule has 0 unspecified atom stereocenters.